The Balaban J connectivity index is 1.99. The van der Waals surface area contributed by atoms with E-state index in [4.69, 9.17) is 18.9 Å². The summed E-state index contributed by atoms with van der Waals surface area (Å²) in [6, 6.07) is 9.37. The van der Waals surface area contributed by atoms with Crippen molar-refractivity contribution in [3.63, 3.8) is 0 Å². The first-order valence-corrected chi connectivity index (χ1v) is 10.8. The molecule has 0 unspecified atom stereocenters. The fourth-order valence-corrected chi connectivity index (χ4v) is 4.50. The summed E-state index contributed by atoms with van der Waals surface area (Å²) >= 11 is 0. The van der Waals surface area contributed by atoms with E-state index in [9.17, 15) is 13.2 Å². The fraction of sp³-hybridized carbons (Fsp3) is 0.238. The third-order valence-electron chi connectivity index (χ3n) is 4.62. The topological polar surface area (TPSA) is 118 Å². The molecule has 3 rings (SSSR count). The molecular formula is C21H23N3O7S. The number of hydrogen-bond donors (Lipinski definition) is 1. The van der Waals surface area contributed by atoms with E-state index in [2.05, 4.69) is 5.10 Å². The van der Waals surface area contributed by atoms with Crippen molar-refractivity contribution in [2.75, 3.05) is 28.4 Å². The van der Waals surface area contributed by atoms with Gasteiger partial charge < -0.3 is 18.9 Å². The van der Waals surface area contributed by atoms with Gasteiger partial charge in [-0.05, 0) is 24.3 Å². The molecule has 0 radical (unpaired) electrons. The number of nitrogens with zero attached hydrogens (tertiary/aromatic N) is 2. The first kappa shape index (κ1) is 22.9. The van der Waals surface area contributed by atoms with Gasteiger partial charge in [-0.15, -0.1) is 0 Å². The van der Waals surface area contributed by atoms with Crippen molar-refractivity contribution in [1.29, 1.82) is 0 Å². The summed E-state index contributed by atoms with van der Waals surface area (Å²) in [5.74, 6) is -0.453. The van der Waals surface area contributed by atoms with Crippen LogP contribution in [0.2, 0.25) is 0 Å². The van der Waals surface area contributed by atoms with E-state index in [1.807, 2.05) is 4.72 Å². The maximum atomic E-state index is 13.0. The zero-order valence-electron chi connectivity index (χ0n) is 18.0. The van der Waals surface area contributed by atoms with Crippen LogP contribution in [0.5, 0.6) is 23.0 Å². The van der Waals surface area contributed by atoms with Gasteiger partial charge >= 0.3 is 0 Å². The monoisotopic (exact) mass is 461 g/mol. The Hall–Kier alpha value is -3.73. The molecule has 3 aromatic rings. The number of aromatic nitrogens is 2. The van der Waals surface area contributed by atoms with Crippen molar-refractivity contribution in [1.82, 2.24) is 14.5 Å². The quantitative estimate of drug-likeness (QED) is 0.515. The van der Waals surface area contributed by atoms with Gasteiger partial charge in [0.15, 0.2) is 16.4 Å². The van der Waals surface area contributed by atoms with Gasteiger partial charge in [-0.3, -0.25) is 9.48 Å². The van der Waals surface area contributed by atoms with Crippen LogP contribution in [-0.2, 0) is 16.6 Å². The third kappa shape index (κ3) is 4.47. The molecule has 0 atom stereocenters. The molecule has 1 amide bonds. The van der Waals surface area contributed by atoms with E-state index < -0.39 is 15.9 Å². The second-order valence-corrected chi connectivity index (χ2v) is 8.09. The minimum absolute atomic E-state index is 0.0222. The Labute approximate surface area is 185 Å². The predicted molar refractivity (Wildman–Crippen MR) is 115 cm³/mol. The lowest BCUT2D eigenvalue weighted by molar-refractivity contribution is 0.0977. The summed E-state index contributed by atoms with van der Waals surface area (Å²) in [4.78, 5) is 12.7. The van der Waals surface area contributed by atoms with E-state index in [-0.39, 0.29) is 27.7 Å². The Morgan fingerprint density at radius 3 is 2.12 bits per heavy atom. The van der Waals surface area contributed by atoms with Crippen molar-refractivity contribution in [2.24, 2.45) is 0 Å². The van der Waals surface area contributed by atoms with Crippen molar-refractivity contribution in [2.45, 2.75) is 11.4 Å². The van der Waals surface area contributed by atoms with E-state index in [0.29, 0.717) is 17.9 Å². The molecule has 11 heteroatoms. The Morgan fingerprint density at radius 2 is 1.59 bits per heavy atom. The van der Waals surface area contributed by atoms with Gasteiger partial charge in [0.25, 0.3) is 15.9 Å². The van der Waals surface area contributed by atoms with Gasteiger partial charge in [0.05, 0.1) is 40.5 Å². The molecule has 2 aromatic carbocycles. The van der Waals surface area contributed by atoms with Crippen molar-refractivity contribution >= 4 is 15.9 Å². The lowest BCUT2D eigenvalue weighted by Gasteiger charge is -2.17. The Bertz CT molecular complexity index is 1190. The van der Waals surface area contributed by atoms with Gasteiger partial charge in [-0.25, -0.2) is 13.1 Å². The number of sulfonamides is 1. The maximum absolute atomic E-state index is 13.0. The fourth-order valence-electron chi connectivity index (χ4n) is 3.21. The summed E-state index contributed by atoms with van der Waals surface area (Å²) in [5.41, 5.74) is 0.671. The van der Waals surface area contributed by atoms with Crippen molar-refractivity contribution in [3.8, 4) is 23.0 Å². The van der Waals surface area contributed by atoms with E-state index in [0.717, 1.165) is 0 Å². The summed E-state index contributed by atoms with van der Waals surface area (Å²) in [5, 5.41) is 4.15. The molecule has 32 heavy (non-hydrogen) atoms. The van der Waals surface area contributed by atoms with E-state index in [1.54, 1.807) is 35.3 Å². The van der Waals surface area contributed by atoms with Crippen LogP contribution in [0, 0.1) is 0 Å². The molecule has 0 saturated carbocycles. The first-order valence-electron chi connectivity index (χ1n) is 9.35. The molecule has 1 N–H and O–H groups in total. The van der Waals surface area contributed by atoms with Crippen LogP contribution in [-0.4, -0.2) is 52.5 Å². The van der Waals surface area contributed by atoms with Gasteiger partial charge in [0.1, 0.15) is 11.5 Å². The molecule has 1 heterocycles. The molecule has 0 fully saturated rings. The van der Waals surface area contributed by atoms with Gasteiger partial charge in [-0.2, -0.15) is 5.10 Å². The lowest BCUT2D eigenvalue weighted by Crippen LogP contribution is -2.31. The summed E-state index contributed by atoms with van der Waals surface area (Å²) in [6.45, 7) is 0.366. The number of benzene rings is 2. The van der Waals surface area contributed by atoms with Crippen LogP contribution in [0.15, 0.2) is 53.7 Å². The number of ether oxygens (including phenoxy) is 4. The van der Waals surface area contributed by atoms with Crippen molar-refractivity contribution in [3.05, 3.63) is 59.9 Å². The standard InChI is InChI=1S/C21H23N3O7S/c1-28-16-7-5-8-17(29-2)20(16)32(26,27)23-21(25)15-10-9-14(13-24-12-6-11-22-24)18(30-3)19(15)31-4/h5-12H,13H2,1-4H3,(H,23,25). The average Bonchev–Trinajstić information content (AvgIpc) is 3.30. The molecule has 0 aliphatic rings. The van der Waals surface area contributed by atoms with Crippen LogP contribution < -0.4 is 23.7 Å². The van der Waals surface area contributed by atoms with Crippen LogP contribution in [0.25, 0.3) is 0 Å². The lowest BCUT2D eigenvalue weighted by atomic mass is 10.1. The predicted octanol–water partition coefficient (Wildman–Crippen LogP) is 2.08. The second kappa shape index (κ2) is 9.60. The zero-order chi connectivity index (χ0) is 23.3. The smallest absolute Gasteiger partial charge is 0.271 e. The molecule has 170 valence electrons. The number of nitrogens with one attached hydrogen (secondary N) is 1. The highest BCUT2D eigenvalue weighted by molar-refractivity contribution is 7.90. The van der Waals surface area contributed by atoms with E-state index in [1.165, 1.54) is 46.6 Å². The molecule has 0 spiro atoms. The van der Waals surface area contributed by atoms with Crippen LogP contribution in [0.4, 0.5) is 0 Å². The van der Waals surface area contributed by atoms with Crippen LogP contribution in [0.1, 0.15) is 15.9 Å². The molecule has 10 nitrogen and oxygen atoms in total. The molecule has 1 aromatic heterocycles. The second-order valence-electron chi connectivity index (χ2n) is 6.47. The molecule has 0 saturated heterocycles. The molecule has 0 bridgehead atoms. The largest absolute Gasteiger partial charge is 0.495 e. The SMILES string of the molecule is COc1cccc(OC)c1S(=O)(=O)NC(=O)c1ccc(Cn2cccn2)c(OC)c1OC. The highest BCUT2D eigenvalue weighted by Crippen LogP contribution is 2.36. The summed E-state index contributed by atoms with van der Waals surface area (Å²) in [6.07, 6.45) is 3.42. The van der Waals surface area contributed by atoms with Gasteiger partial charge in [0, 0.05) is 18.0 Å². The molecule has 0 aliphatic carbocycles. The Morgan fingerprint density at radius 1 is 0.938 bits per heavy atom. The Kier molecular flexibility index (Phi) is 6.89. The maximum Gasteiger partial charge on any atom is 0.271 e. The minimum Gasteiger partial charge on any atom is -0.495 e. The summed E-state index contributed by atoms with van der Waals surface area (Å²) in [7, 11) is 1.09. The van der Waals surface area contributed by atoms with Gasteiger partial charge in [-0.1, -0.05) is 12.1 Å². The number of carbonyl (C=O) groups is 1. The summed E-state index contributed by atoms with van der Waals surface area (Å²) < 4.78 is 50.9. The molecule has 0 aliphatic heterocycles. The third-order valence-corrected chi connectivity index (χ3v) is 6.01. The first-order chi connectivity index (χ1) is 15.4. The number of methoxy groups -OCH3 is 4. The average molecular weight is 461 g/mol. The van der Waals surface area contributed by atoms with Crippen LogP contribution >= 0.6 is 0 Å². The minimum atomic E-state index is -4.35. The number of rotatable bonds is 9. The van der Waals surface area contributed by atoms with E-state index >= 15 is 0 Å². The molecular weight excluding hydrogens is 438 g/mol. The van der Waals surface area contributed by atoms with Gasteiger partial charge in [0.2, 0.25) is 0 Å². The highest BCUT2D eigenvalue weighted by Gasteiger charge is 2.29. The van der Waals surface area contributed by atoms with Crippen molar-refractivity contribution < 1.29 is 32.2 Å². The highest BCUT2D eigenvalue weighted by atomic mass is 32.2. The van der Waals surface area contributed by atoms with Crippen LogP contribution in [0.3, 0.4) is 0 Å². The number of carbonyl (C=O) groups excluding carboxylic acids is 1. The zero-order valence-corrected chi connectivity index (χ0v) is 18.8. The number of amides is 1. The number of hydrogen-bond acceptors (Lipinski definition) is 8. The normalized spacial score (nSPS) is 11.0.